The highest BCUT2D eigenvalue weighted by atomic mass is 16.3. The van der Waals surface area contributed by atoms with Gasteiger partial charge in [0.2, 0.25) is 0 Å². The van der Waals surface area contributed by atoms with Gasteiger partial charge in [0.25, 0.3) is 0 Å². The minimum atomic E-state index is 0.695. The molecule has 0 bridgehead atoms. The molecule has 0 aliphatic heterocycles. The number of hydrogen-bond donors (Lipinski definition) is 2. The van der Waals surface area contributed by atoms with Crippen LogP contribution in [-0.4, -0.2) is 29.1 Å². The molecule has 0 unspecified atom stereocenters. The van der Waals surface area contributed by atoms with E-state index in [0.29, 0.717) is 6.54 Å². The van der Waals surface area contributed by atoms with Crippen LogP contribution in [0, 0.1) is 6.92 Å². The molecular formula is C13H19N5O. The van der Waals surface area contributed by atoms with Crippen LogP contribution in [0.5, 0.6) is 0 Å². The zero-order chi connectivity index (χ0) is 13.5. The molecule has 19 heavy (non-hydrogen) atoms. The standard InChI is InChI=1S/C13H19N5O/c1-11-15-4-6-18(11)7-5-16-13(14-2)17-9-12-3-8-19-10-12/h3-4,6,8,10H,5,7,9H2,1-2H3,(H2,14,16,17). The summed E-state index contributed by atoms with van der Waals surface area (Å²) in [5, 5.41) is 6.48. The molecule has 6 nitrogen and oxygen atoms in total. The maximum atomic E-state index is 5.01. The molecule has 0 aliphatic carbocycles. The van der Waals surface area contributed by atoms with Gasteiger partial charge in [0.05, 0.1) is 12.5 Å². The number of imidazole rings is 1. The Morgan fingerprint density at radius 2 is 2.37 bits per heavy atom. The summed E-state index contributed by atoms with van der Waals surface area (Å²) in [6, 6.07) is 1.93. The van der Waals surface area contributed by atoms with Crippen molar-refractivity contribution >= 4 is 5.96 Å². The van der Waals surface area contributed by atoms with Crippen molar-refractivity contribution in [2.45, 2.75) is 20.0 Å². The number of nitrogens with zero attached hydrogens (tertiary/aromatic N) is 3. The second kappa shape index (κ2) is 6.63. The van der Waals surface area contributed by atoms with Gasteiger partial charge in [0.15, 0.2) is 5.96 Å². The molecule has 0 aliphatic rings. The van der Waals surface area contributed by atoms with Crippen LogP contribution in [0.3, 0.4) is 0 Å². The molecule has 2 N–H and O–H groups in total. The lowest BCUT2D eigenvalue weighted by molar-refractivity contribution is 0.563. The first-order valence-electron chi connectivity index (χ1n) is 6.23. The lowest BCUT2D eigenvalue weighted by Gasteiger charge is -2.12. The number of aryl methyl sites for hydroxylation is 1. The largest absolute Gasteiger partial charge is 0.472 e. The second-order valence-corrected chi connectivity index (χ2v) is 4.15. The summed E-state index contributed by atoms with van der Waals surface area (Å²) < 4.78 is 7.11. The molecule has 0 radical (unpaired) electrons. The molecule has 0 saturated carbocycles. The average Bonchev–Trinajstić information content (AvgIpc) is 3.06. The number of nitrogens with one attached hydrogen (secondary N) is 2. The van der Waals surface area contributed by atoms with Crippen molar-refractivity contribution in [2.24, 2.45) is 4.99 Å². The summed E-state index contributed by atoms with van der Waals surface area (Å²) in [5.41, 5.74) is 1.09. The Morgan fingerprint density at radius 3 is 3.00 bits per heavy atom. The van der Waals surface area contributed by atoms with Gasteiger partial charge >= 0.3 is 0 Å². The molecule has 2 rings (SSSR count). The minimum absolute atomic E-state index is 0.695. The van der Waals surface area contributed by atoms with E-state index in [1.165, 1.54) is 0 Å². The fraction of sp³-hybridized carbons (Fsp3) is 0.385. The number of guanidine groups is 1. The first kappa shape index (κ1) is 13.2. The Hall–Kier alpha value is -2.24. The van der Waals surface area contributed by atoms with Gasteiger partial charge in [-0.1, -0.05) is 0 Å². The van der Waals surface area contributed by atoms with E-state index in [1.807, 2.05) is 19.2 Å². The Kier molecular flexibility index (Phi) is 4.60. The van der Waals surface area contributed by atoms with E-state index in [4.69, 9.17) is 4.42 Å². The van der Waals surface area contributed by atoms with Crippen LogP contribution in [0.2, 0.25) is 0 Å². The molecule has 6 heteroatoms. The normalized spacial score (nSPS) is 11.6. The fourth-order valence-electron chi connectivity index (χ4n) is 1.73. The van der Waals surface area contributed by atoms with E-state index < -0.39 is 0 Å². The quantitative estimate of drug-likeness (QED) is 0.626. The Balaban J connectivity index is 1.72. The van der Waals surface area contributed by atoms with E-state index in [9.17, 15) is 0 Å². The Bertz CT molecular complexity index is 515. The highest BCUT2D eigenvalue weighted by Gasteiger charge is 2.00. The Morgan fingerprint density at radius 1 is 1.47 bits per heavy atom. The maximum Gasteiger partial charge on any atom is 0.191 e. The van der Waals surface area contributed by atoms with Crippen molar-refractivity contribution < 1.29 is 4.42 Å². The Labute approximate surface area is 112 Å². The van der Waals surface area contributed by atoms with Crippen molar-refractivity contribution in [3.05, 3.63) is 42.4 Å². The minimum Gasteiger partial charge on any atom is -0.472 e. The van der Waals surface area contributed by atoms with E-state index in [0.717, 1.165) is 30.4 Å². The van der Waals surface area contributed by atoms with Gasteiger partial charge in [-0.15, -0.1) is 0 Å². The first-order valence-corrected chi connectivity index (χ1v) is 6.23. The van der Waals surface area contributed by atoms with Crippen LogP contribution >= 0.6 is 0 Å². The molecule has 2 heterocycles. The first-order chi connectivity index (χ1) is 9.29. The topological polar surface area (TPSA) is 67.4 Å². The summed E-state index contributed by atoms with van der Waals surface area (Å²) in [7, 11) is 1.76. The van der Waals surface area contributed by atoms with Crippen LogP contribution in [0.1, 0.15) is 11.4 Å². The number of rotatable bonds is 5. The maximum absolute atomic E-state index is 5.01. The monoisotopic (exact) mass is 261 g/mol. The van der Waals surface area contributed by atoms with E-state index >= 15 is 0 Å². The number of hydrogen-bond acceptors (Lipinski definition) is 3. The van der Waals surface area contributed by atoms with Crippen molar-refractivity contribution in [3.63, 3.8) is 0 Å². The molecule has 0 spiro atoms. The third kappa shape index (κ3) is 3.87. The summed E-state index contributed by atoms with van der Waals surface area (Å²) in [5.74, 6) is 1.79. The lowest BCUT2D eigenvalue weighted by atomic mass is 10.3. The SMILES string of the molecule is CN=C(NCCn1ccnc1C)NCc1ccoc1. The third-order valence-corrected chi connectivity index (χ3v) is 2.83. The van der Waals surface area contributed by atoms with Gasteiger partial charge in [-0.3, -0.25) is 4.99 Å². The molecule has 0 saturated heterocycles. The van der Waals surface area contributed by atoms with Gasteiger partial charge in [0, 0.05) is 44.6 Å². The van der Waals surface area contributed by atoms with Gasteiger partial charge in [0.1, 0.15) is 5.82 Å². The van der Waals surface area contributed by atoms with Gasteiger partial charge in [-0.2, -0.15) is 0 Å². The van der Waals surface area contributed by atoms with Crippen LogP contribution in [0.15, 0.2) is 40.4 Å². The van der Waals surface area contributed by atoms with Crippen molar-refractivity contribution in [2.75, 3.05) is 13.6 Å². The molecule has 2 aromatic heterocycles. The summed E-state index contributed by atoms with van der Waals surface area (Å²) in [6.45, 7) is 4.34. The lowest BCUT2D eigenvalue weighted by Crippen LogP contribution is -2.38. The highest BCUT2D eigenvalue weighted by molar-refractivity contribution is 5.79. The second-order valence-electron chi connectivity index (χ2n) is 4.15. The van der Waals surface area contributed by atoms with E-state index in [2.05, 4.69) is 25.2 Å². The smallest absolute Gasteiger partial charge is 0.191 e. The molecule has 2 aromatic rings. The van der Waals surface area contributed by atoms with Crippen molar-refractivity contribution in [1.82, 2.24) is 20.2 Å². The van der Waals surface area contributed by atoms with Crippen LogP contribution in [0.4, 0.5) is 0 Å². The van der Waals surface area contributed by atoms with Crippen LogP contribution in [0.25, 0.3) is 0 Å². The molecule has 102 valence electrons. The summed E-state index contributed by atoms with van der Waals surface area (Å²) >= 11 is 0. The van der Waals surface area contributed by atoms with Crippen molar-refractivity contribution in [3.8, 4) is 0 Å². The highest BCUT2D eigenvalue weighted by Crippen LogP contribution is 1.98. The van der Waals surface area contributed by atoms with E-state index in [-0.39, 0.29) is 0 Å². The number of furan rings is 1. The average molecular weight is 261 g/mol. The summed E-state index contributed by atoms with van der Waals surface area (Å²) in [6.07, 6.45) is 7.16. The third-order valence-electron chi connectivity index (χ3n) is 2.83. The predicted octanol–water partition coefficient (Wildman–Crippen LogP) is 1.15. The zero-order valence-corrected chi connectivity index (χ0v) is 11.3. The van der Waals surface area contributed by atoms with E-state index in [1.54, 1.807) is 25.8 Å². The number of aromatic nitrogens is 2. The zero-order valence-electron chi connectivity index (χ0n) is 11.3. The van der Waals surface area contributed by atoms with Crippen molar-refractivity contribution in [1.29, 1.82) is 0 Å². The molecule has 0 fully saturated rings. The van der Waals surface area contributed by atoms with Gasteiger partial charge < -0.3 is 19.6 Å². The molecule has 0 atom stereocenters. The van der Waals surface area contributed by atoms with Gasteiger partial charge in [-0.05, 0) is 13.0 Å². The molecular weight excluding hydrogens is 242 g/mol. The van der Waals surface area contributed by atoms with Crippen LogP contribution < -0.4 is 10.6 Å². The molecule has 0 aromatic carbocycles. The molecule has 0 amide bonds. The predicted molar refractivity (Wildman–Crippen MR) is 73.9 cm³/mol. The van der Waals surface area contributed by atoms with Crippen LogP contribution in [-0.2, 0) is 13.1 Å². The summed E-state index contributed by atoms with van der Waals surface area (Å²) in [4.78, 5) is 8.35. The van der Waals surface area contributed by atoms with Gasteiger partial charge in [-0.25, -0.2) is 4.98 Å². The fourth-order valence-corrected chi connectivity index (χ4v) is 1.73. The number of aliphatic imine (C=N–C) groups is 1.